The highest BCUT2D eigenvalue weighted by molar-refractivity contribution is 7.53. The Balaban J connectivity index is 1.70. The van der Waals surface area contributed by atoms with Gasteiger partial charge in [-0.05, 0) is 31.5 Å². The van der Waals surface area contributed by atoms with Crippen LogP contribution >= 0.6 is 18.9 Å². The summed E-state index contributed by atoms with van der Waals surface area (Å²) < 4.78 is 30.3. The van der Waals surface area contributed by atoms with Crippen LogP contribution in [0.25, 0.3) is 20.8 Å². The number of benzene rings is 2. The van der Waals surface area contributed by atoms with Gasteiger partial charge in [0, 0.05) is 12.2 Å². The second kappa shape index (κ2) is 9.58. The number of hydrogen-bond donors (Lipinski definition) is 0. The molecule has 0 bridgehead atoms. The first kappa shape index (κ1) is 20.2. The first-order valence-electron chi connectivity index (χ1n) is 9.04. The SMILES string of the molecule is CCOCCOP(=O)(Cc1ccc(-c2nc3ccccc3s2)cc1)OCC. The average molecular weight is 405 g/mol. The van der Waals surface area contributed by atoms with Crippen LogP contribution in [0.4, 0.5) is 0 Å². The molecule has 0 N–H and O–H groups in total. The number of fused-ring (bicyclic) bond motifs is 1. The van der Waals surface area contributed by atoms with Gasteiger partial charge in [0.05, 0.1) is 36.2 Å². The lowest BCUT2D eigenvalue weighted by atomic mass is 10.2. The lowest BCUT2D eigenvalue weighted by Gasteiger charge is -2.18. The summed E-state index contributed by atoms with van der Waals surface area (Å²) in [7, 11) is -3.18. The Morgan fingerprint density at radius 2 is 1.74 bits per heavy atom. The minimum absolute atomic E-state index is 0.243. The van der Waals surface area contributed by atoms with E-state index in [2.05, 4.69) is 11.1 Å². The van der Waals surface area contributed by atoms with E-state index in [0.717, 1.165) is 21.7 Å². The summed E-state index contributed by atoms with van der Waals surface area (Å²) in [6.07, 6.45) is 0.243. The van der Waals surface area contributed by atoms with Crippen LogP contribution in [0, 0.1) is 0 Å². The maximum absolute atomic E-state index is 12.9. The van der Waals surface area contributed by atoms with E-state index < -0.39 is 7.60 Å². The van der Waals surface area contributed by atoms with E-state index in [9.17, 15) is 4.57 Å². The third-order valence-electron chi connectivity index (χ3n) is 3.92. The molecule has 3 aromatic rings. The van der Waals surface area contributed by atoms with Crippen molar-refractivity contribution in [3.63, 3.8) is 0 Å². The number of nitrogens with zero attached hydrogens (tertiary/aromatic N) is 1. The van der Waals surface area contributed by atoms with Gasteiger partial charge in [-0.1, -0.05) is 36.4 Å². The molecular weight excluding hydrogens is 381 g/mol. The molecule has 1 aromatic heterocycles. The van der Waals surface area contributed by atoms with Gasteiger partial charge in [0.1, 0.15) is 5.01 Å². The minimum atomic E-state index is -3.18. The predicted molar refractivity (Wildman–Crippen MR) is 110 cm³/mol. The Bertz CT molecular complexity index is 877. The third kappa shape index (κ3) is 5.47. The predicted octanol–water partition coefficient (Wildman–Crippen LogP) is 5.75. The largest absolute Gasteiger partial charge is 0.379 e. The Labute approximate surface area is 163 Å². The Morgan fingerprint density at radius 3 is 2.44 bits per heavy atom. The summed E-state index contributed by atoms with van der Waals surface area (Å²) in [4.78, 5) is 4.68. The summed E-state index contributed by atoms with van der Waals surface area (Å²) >= 11 is 1.66. The van der Waals surface area contributed by atoms with E-state index in [-0.39, 0.29) is 12.8 Å². The molecule has 0 amide bonds. The fraction of sp³-hybridized carbons (Fsp3) is 0.350. The molecule has 0 saturated carbocycles. The Kier molecular flexibility index (Phi) is 7.16. The molecule has 0 aliphatic heterocycles. The smallest absolute Gasteiger partial charge is 0.335 e. The van der Waals surface area contributed by atoms with Gasteiger partial charge >= 0.3 is 7.60 Å². The van der Waals surface area contributed by atoms with Gasteiger partial charge in [-0.3, -0.25) is 4.57 Å². The number of thiazole rings is 1. The van der Waals surface area contributed by atoms with Crippen molar-refractivity contribution in [3.05, 3.63) is 54.1 Å². The Morgan fingerprint density at radius 1 is 0.963 bits per heavy atom. The fourth-order valence-corrected chi connectivity index (χ4v) is 5.31. The van der Waals surface area contributed by atoms with Gasteiger partial charge in [-0.25, -0.2) is 4.98 Å². The maximum Gasteiger partial charge on any atom is 0.335 e. The van der Waals surface area contributed by atoms with Gasteiger partial charge in [0.2, 0.25) is 0 Å². The number of rotatable bonds is 10. The summed E-state index contributed by atoms with van der Waals surface area (Å²) in [5.41, 5.74) is 2.96. The highest BCUT2D eigenvalue weighted by Crippen LogP contribution is 2.51. The maximum atomic E-state index is 12.9. The van der Waals surface area contributed by atoms with E-state index in [1.807, 2.05) is 56.3 Å². The van der Waals surface area contributed by atoms with Crippen LogP contribution in [-0.4, -0.2) is 31.4 Å². The summed E-state index contributed by atoms with van der Waals surface area (Å²) in [5.74, 6) is 0. The molecule has 1 atom stereocenters. The van der Waals surface area contributed by atoms with E-state index in [1.165, 1.54) is 4.70 Å². The van der Waals surface area contributed by atoms with Gasteiger partial charge in [-0.2, -0.15) is 0 Å². The molecule has 0 radical (unpaired) electrons. The quantitative estimate of drug-likeness (QED) is 0.318. The van der Waals surface area contributed by atoms with Crippen LogP contribution in [0.2, 0.25) is 0 Å². The van der Waals surface area contributed by atoms with Crippen molar-refractivity contribution in [2.24, 2.45) is 0 Å². The number of hydrogen-bond acceptors (Lipinski definition) is 6. The van der Waals surface area contributed by atoms with Crippen LogP contribution in [0.15, 0.2) is 48.5 Å². The van der Waals surface area contributed by atoms with E-state index in [0.29, 0.717) is 19.8 Å². The molecular formula is C20H24NO4PS. The van der Waals surface area contributed by atoms with Gasteiger partial charge in [-0.15, -0.1) is 11.3 Å². The fourth-order valence-electron chi connectivity index (χ4n) is 2.68. The van der Waals surface area contributed by atoms with Crippen molar-refractivity contribution in [2.45, 2.75) is 20.0 Å². The molecule has 7 heteroatoms. The van der Waals surface area contributed by atoms with Crippen LogP contribution in [-0.2, 0) is 24.5 Å². The molecule has 0 spiro atoms. The van der Waals surface area contributed by atoms with E-state index in [1.54, 1.807) is 11.3 Å². The lowest BCUT2D eigenvalue weighted by Crippen LogP contribution is -2.06. The molecule has 0 fully saturated rings. The highest BCUT2D eigenvalue weighted by atomic mass is 32.1. The first-order valence-corrected chi connectivity index (χ1v) is 11.6. The molecule has 0 aliphatic carbocycles. The van der Waals surface area contributed by atoms with Crippen LogP contribution in [0.1, 0.15) is 19.4 Å². The van der Waals surface area contributed by atoms with Crippen molar-refractivity contribution in [2.75, 3.05) is 26.4 Å². The van der Waals surface area contributed by atoms with E-state index in [4.69, 9.17) is 13.8 Å². The second-order valence-electron chi connectivity index (χ2n) is 5.90. The normalized spacial score (nSPS) is 13.7. The zero-order valence-electron chi connectivity index (χ0n) is 15.6. The van der Waals surface area contributed by atoms with Crippen molar-refractivity contribution < 1.29 is 18.3 Å². The van der Waals surface area contributed by atoms with Gasteiger partial charge < -0.3 is 13.8 Å². The van der Waals surface area contributed by atoms with Crippen LogP contribution in [0.3, 0.4) is 0 Å². The zero-order valence-corrected chi connectivity index (χ0v) is 17.3. The zero-order chi connectivity index (χ0) is 19.1. The molecule has 2 aromatic carbocycles. The topological polar surface area (TPSA) is 57.7 Å². The van der Waals surface area contributed by atoms with Gasteiger partial charge in [0.15, 0.2) is 0 Å². The molecule has 144 valence electrons. The van der Waals surface area contributed by atoms with Crippen molar-refractivity contribution in [1.82, 2.24) is 4.98 Å². The molecule has 0 aliphatic rings. The highest BCUT2D eigenvalue weighted by Gasteiger charge is 2.24. The molecule has 0 saturated heterocycles. The molecule has 1 unspecified atom stereocenters. The van der Waals surface area contributed by atoms with Gasteiger partial charge in [0.25, 0.3) is 0 Å². The standard InChI is InChI=1S/C20H24NO4PS/c1-3-23-13-14-25-26(22,24-4-2)15-16-9-11-17(12-10-16)20-21-18-7-5-6-8-19(18)27-20/h5-12H,3-4,13-15H2,1-2H3. The van der Waals surface area contributed by atoms with Crippen LogP contribution in [0.5, 0.6) is 0 Å². The third-order valence-corrected chi connectivity index (χ3v) is 6.98. The van der Waals surface area contributed by atoms with Crippen molar-refractivity contribution >= 4 is 29.1 Å². The summed E-state index contributed by atoms with van der Waals surface area (Å²) in [6.45, 7) is 5.34. The first-order chi connectivity index (χ1) is 13.1. The summed E-state index contributed by atoms with van der Waals surface area (Å²) in [5, 5.41) is 0.976. The average Bonchev–Trinajstić information content (AvgIpc) is 3.10. The molecule has 27 heavy (non-hydrogen) atoms. The lowest BCUT2D eigenvalue weighted by molar-refractivity contribution is 0.0992. The van der Waals surface area contributed by atoms with Crippen molar-refractivity contribution in [3.8, 4) is 10.6 Å². The summed E-state index contributed by atoms with van der Waals surface area (Å²) in [6, 6.07) is 16.0. The molecule has 1 heterocycles. The molecule has 3 rings (SSSR count). The van der Waals surface area contributed by atoms with E-state index >= 15 is 0 Å². The molecule has 5 nitrogen and oxygen atoms in total. The van der Waals surface area contributed by atoms with Crippen LogP contribution < -0.4 is 0 Å². The monoisotopic (exact) mass is 405 g/mol. The number of aromatic nitrogens is 1. The second-order valence-corrected chi connectivity index (χ2v) is 8.99. The van der Waals surface area contributed by atoms with Crippen molar-refractivity contribution in [1.29, 1.82) is 0 Å². The Hall–Kier alpha value is -1.56. The number of para-hydroxylation sites is 1. The number of ether oxygens (including phenoxy) is 1. The minimum Gasteiger partial charge on any atom is -0.379 e.